The van der Waals surface area contributed by atoms with E-state index in [9.17, 15) is 24.6 Å². The van der Waals surface area contributed by atoms with E-state index in [1.54, 1.807) is 6.92 Å². The Labute approximate surface area is 150 Å². The summed E-state index contributed by atoms with van der Waals surface area (Å²) in [6.07, 6.45) is 0.166. The van der Waals surface area contributed by atoms with Crippen LogP contribution in [0, 0.1) is 11.8 Å². The smallest absolute Gasteiger partial charge is 0.352 e. The van der Waals surface area contributed by atoms with Gasteiger partial charge in [-0.05, 0) is 18.9 Å². The van der Waals surface area contributed by atoms with Crippen LogP contribution in [0.2, 0.25) is 0 Å². The molecule has 4 atom stereocenters. The summed E-state index contributed by atoms with van der Waals surface area (Å²) >= 11 is 0. The van der Waals surface area contributed by atoms with Gasteiger partial charge in [0.2, 0.25) is 12.3 Å². The van der Waals surface area contributed by atoms with Gasteiger partial charge in [0.25, 0.3) is 0 Å². The maximum atomic E-state index is 12.2. The van der Waals surface area contributed by atoms with Crippen LogP contribution in [0.3, 0.4) is 0 Å². The standard InChI is InChI=1S/C16H22N4O6/c1-8(22)13-11-3-10(14(16(24)25)20(11)15(13)23)9-4-17-12(18-5-9)6-19(7-21)26-2/h7-9,11,13,22H,3-6H2,1-2H3,(H,17,18)(H,24,25)/t8-,11-,13-/m1/s1. The maximum absolute atomic E-state index is 12.2. The number of carbonyl (C=O) groups is 3. The molecule has 0 aliphatic carbocycles. The monoisotopic (exact) mass is 366 g/mol. The molecule has 0 spiro atoms. The topological polar surface area (TPSA) is 132 Å². The number of hydrogen-bond acceptors (Lipinski definition) is 7. The number of hydrogen-bond donors (Lipinski definition) is 3. The highest BCUT2D eigenvalue weighted by molar-refractivity contribution is 5.99. The van der Waals surface area contributed by atoms with E-state index < -0.39 is 18.0 Å². The Bertz CT molecular complexity index is 688. The number of nitrogens with zero attached hydrogens (tertiary/aromatic N) is 3. The largest absolute Gasteiger partial charge is 0.477 e. The van der Waals surface area contributed by atoms with Crippen molar-refractivity contribution in [3.05, 3.63) is 11.3 Å². The first-order valence-corrected chi connectivity index (χ1v) is 8.39. The van der Waals surface area contributed by atoms with E-state index in [0.29, 0.717) is 37.3 Å². The van der Waals surface area contributed by atoms with Crippen LogP contribution in [0.25, 0.3) is 0 Å². The van der Waals surface area contributed by atoms with E-state index in [-0.39, 0.29) is 30.1 Å². The van der Waals surface area contributed by atoms with E-state index in [0.717, 1.165) is 5.06 Å². The fourth-order valence-corrected chi connectivity index (χ4v) is 3.88. The predicted molar refractivity (Wildman–Crippen MR) is 88.7 cm³/mol. The summed E-state index contributed by atoms with van der Waals surface area (Å²) in [7, 11) is 1.38. The predicted octanol–water partition coefficient (Wildman–Crippen LogP) is -1.43. The number of β-lactam (4-membered cyclic amide) rings is 1. The van der Waals surface area contributed by atoms with E-state index in [2.05, 4.69) is 10.3 Å². The number of aliphatic imine (C=N–C) groups is 1. The van der Waals surface area contributed by atoms with Gasteiger partial charge in [-0.2, -0.15) is 0 Å². The molecule has 10 heteroatoms. The lowest BCUT2D eigenvalue weighted by Gasteiger charge is -2.44. The molecule has 10 nitrogen and oxygen atoms in total. The summed E-state index contributed by atoms with van der Waals surface area (Å²) in [5.74, 6) is -1.62. The number of aliphatic hydroxyl groups excluding tert-OH is 1. The molecule has 3 rings (SSSR count). The van der Waals surface area contributed by atoms with Crippen molar-refractivity contribution in [3.8, 4) is 0 Å². The number of nitrogens with one attached hydrogen (secondary N) is 1. The minimum Gasteiger partial charge on any atom is -0.477 e. The van der Waals surface area contributed by atoms with Crippen LogP contribution in [-0.2, 0) is 19.2 Å². The van der Waals surface area contributed by atoms with E-state index in [1.165, 1.54) is 12.0 Å². The summed E-state index contributed by atoms with van der Waals surface area (Å²) in [6.45, 7) is 2.54. The number of fused-ring (bicyclic) bond motifs is 1. The van der Waals surface area contributed by atoms with Crippen molar-refractivity contribution in [2.75, 3.05) is 26.7 Å². The lowest BCUT2D eigenvalue weighted by Crippen LogP contribution is -2.61. The number of rotatable bonds is 7. The van der Waals surface area contributed by atoms with Crippen LogP contribution < -0.4 is 5.32 Å². The fraction of sp³-hybridized carbons (Fsp3) is 0.625. The van der Waals surface area contributed by atoms with Gasteiger partial charge in [-0.3, -0.25) is 19.4 Å². The maximum Gasteiger partial charge on any atom is 0.352 e. The van der Waals surface area contributed by atoms with Gasteiger partial charge in [0.05, 0.1) is 25.2 Å². The Morgan fingerprint density at radius 3 is 2.81 bits per heavy atom. The molecule has 0 aromatic heterocycles. The number of aliphatic hydroxyl groups is 1. The van der Waals surface area contributed by atoms with Crippen LogP contribution in [0.4, 0.5) is 0 Å². The molecule has 0 bridgehead atoms. The first-order valence-electron chi connectivity index (χ1n) is 8.39. The van der Waals surface area contributed by atoms with Crippen molar-refractivity contribution in [3.63, 3.8) is 0 Å². The Hall–Kier alpha value is -2.46. The second kappa shape index (κ2) is 7.04. The zero-order valence-electron chi connectivity index (χ0n) is 14.6. The molecule has 0 aromatic carbocycles. The summed E-state index contributed by atoms with van der Waals surface area (Å²) in [4.78, 5) is 45.3. The molecule has 0 saturated carbocycles. The van der Waals surface area contributed by atoms with Gasteiger partial charge in [0, 0.05) is 19.0 Å². The molecule has 0 aromatic rings. The van der Waals surface area contributed by atoms with Gasteiger partial charge in [-0.25, -0.2) is 9.86 Å². The number of aliphatic carboxylic acids is 1. The molecule has 2 amide bonds. The van der Waals surface area contributed by atoms with Gasteiger partial charge in [-0.1, -0.05) is 0 Å². The zero-order valence-corrected chi connectivity index (χ0v) is 14.6. The second-order valence-electron chi connectivity index (χ2n) is 6.65. The fourth-order valence-electron chi connectivity index (χ4n) is 3.88. The van der Waals surface area contributed by atoms with Crippen molar-refractivity contribution in [1.29, 1.82) is 0 Å². The van der Waals surface area contributed by atoms with E-state index in [1.807, 2.05) is 0 Å². The first-order chi connectivity index (χ1) is 12.4. The first kappa shape index (κ1) is 18.3. The van der Waals surface area contributed by atoms with Crippen molar-refractivity contribution in [2.45, 2.75) is 25.5 Å². The number of amides is 2. The van der Waals surface area contributed by atoms with Crippen LogP contribution >= 0.6 is 0 Å². The van der Waals surface area contributed by atoms with Gasteiger partial charge < -0.3 is 20.4 Å². The number of carbonyl (C=O) groups excluding carboxylic acids is 2. The third-order valence-electron chi connectivity index (χ3n) is 5.17. The van der Waals surface area contributed by atoms with E-state index in [4.69, 9.17) is 4.84 Å². The lowest BCUT2D eigenvalue weighted by molar-refractivity contribution is -0.161. The summed E-state index contributed by atoms with van der Waals surface area (Å²) < 4.78 is 0. The van der Waals surface area contributed by atoms with Crippen LogP contribution in [0.1, 0.15) is 13.3 Å². The molecule has 1 saturated heterocycles. The van der Waals surface area contributed by atoms with Crippen molar-refractivity contribution in [2.24, 2.45) is 16.8 Å². The van der Waals surface area contributed by atoms with Gasteiger partial charge >= 0.3 is 5.97 Å². The van der Waals surface area contributed by atoms with Gasteiger partial charge in [0.15, 0.2) is 0 Å². The van der Waals surface area contributed by atoms with Crippen LogP contribution in [0.15, 0.2) is 16.3 Å². The lowest BCUT2D eigenvalue weighted by atomic mass is 9.82. The summed E-state index contributed by atoms with van der Waals surface area (Å²) in [6, 6.07) is -0.298. The number of carboxylic acid groups (broad SMARTS) is 1. The molecule has 142 valence electrons. The molecular weight excluding hydrogens is 344 g/mol. The number of carboxylic acids is 1. The van der Waals surface area contributed by atoms with Crippen molar-refractivity contribution >= 4 is 24.1 Å². The molecule has 1 fully saturated rings. The molecule has 3 N–H and O–H groups in total. The highest BCUT2D eigenvalue weighted by Crippen LogP contribution is 2.45. The minimum atomic E-state index is -1.14. The highest BCUT2D eigenvalue weighted by atomic mass is 16.7. The van der Waals surface area contributed by atoms with Gasteiger partial charge in [-0.15, -0.1) is 0 Å². The summed E-state index contributed by atoms with van der Waals surface area (Å²) in [5, 5.41) is 23.5. The minimum absolute atomic E-state index is 0.0220. The van der Waals surface area contributed by atoms with Crippen molar-refractivity contribution in [1.82, 2.24) is 15.3 Å². The quantitative estimate of drug-likeness (QED) is 0.286. The van der Waals surface area contributed by atoms with E-state index >= 15 is 0 Å². The normalized spacial score (nSPS) is 28.7. The van der Waals surface area contributed by atoms with Crippen LogP contribution in [-0.4, -0.2) is 83.2 Å². The number of hydroxylamine groups is 2. The van der Waals surface area contributed by atoms with Crippen molar-refractivity contribution < 1.29 is 29.4 Å². The second-order valence-corrected chi connectivity index (χ2v) is 6.65. The Morgan fingerprint density at radius 2 is 2.31 bits per heavy atom. The highest BCUT2D eigenvalue weighted by Gasteiger charge is 2.57. The molecule has 26 heavy (non-hydrogen) atoms. The van der Waals surface area contributed by atoms with Gasteiger partial charge in [0.1, 0.15) is 18.1 Å². The molecule has 1 unspecified atom stereocenters. The zero-order chi connectivity index (χ0) is 19.0. The molecule has 0 radical (unpaired) electrons. The molecule has 3 aliphatic heterocycles. The Balaban J connectivity index is 1.75. The molecule has 3 heterocycles. The number of amidine groups is 1. The van der Waals surface area contributed by atoms with Crippen LogP contribution in [0.5, 0.6) is 0 Å². The molecule has 3 aliphatic rings. The average Bonchev–Trinajstić information content (AvgIpc) is 2.95. The average molecular weight is 366 g/mol. The SMILES string of the molecule is CON(C=O)CC1=NCC(C2=C(C(=O)O)N3C(=O)[C@H]([C@@H](C)O)[C@H]3C2)CN1. The summed E-state index contributed by atoms with van der Waals surface area (Å²) in [5.41, 5.74) is 0.696. The third kappa shape index (κ3) is 2.95. The molecular formula is C16H22N4O6. The Morgan fingerprint density at radius 1 is 1.58 bits per heavy atom. The Kier molecular flexibility index (Phi) is 4.97. The third-order valence-corrected chi connectivity index (χ3v) is 5.17.